The first-order valence-corrected chi connectivity index (χ1v) is 7.17. The fraction of sp³-hybridized carbons (Fsp3) is 0.278. The Morgan fingerprint density at radius 1 is 1.15 bits per heavy atom. The van der Waals surface area contributed by atoms with Gasteiger partial charge in [-0.2, -0.15) is 5.26 Å². The summed E-state index contributed by atoms with van der Waals surface area (Å²) in [6.45, 7) is 0.814. The Bertz CT molecular complexity index is 640. The third kappa shape index (κ3) is 2.74. The van der Waals surface area contributed by atoms with Crippen molar-refractivity contribution in [3.05, 3.63) is 70.8 Å². The Hall–Kier alpha value is -2.11. The number of hydrogen-bond acceptors (Lipinski definition) is 2. The van der Waals surface area contributed by atoms with E-state index < -0.39 is 0 Å². The molecule has 0 heterocycles. The van der Waals surface area contributed by atoms with E-state index in [1.807, 2.05) is 18.2 Å². The van der Waals surface area contributed by atoms with E-state index in [2.05, 4.69) is 41.7 Å². The maximum Gasteiger partial charge on any atom is 0.0991 e. The molecule has 1 aliphatic carbocycles. The van der Waals surface area contributed by atoms with E-state index in [-0.39, 0.29) is 0 Å². The Kier molecular flexibility index (Phi) is 3.80. The van der Waals surface area contributed by atoms with Crippen LogP contribution in [0.15, 0.2) is 48.5 Å². The zero-order valence-electron chi connectivity index (χ0n) is 11.5. The number of nitrogens with one attached hydrogen (secondary N) is 1. The minimum absolute atomic E-state index is 0.436. The van der Waals surface area contributed by atoms with Gasteiger partial charge in [0.15, 0.2) is 0 Å². The van der Waals surface area contributed by atoms with Gasteiger partial charge in [-0.25, -0.2) is 0 Å². The lowest BCUT2D eigenvalue weighted by Gasteiger charge is -2.26. The van der Waals surface area contributed by atoms with Gasteiger partial charge in [0, 0.05) is 12.6 Å². The van der Waals surface area contributed by atoms with Gasteiger partial charge < -0.3 is 5.32 Å². The summed E-state index contributed by atoms with van der Waals surface area (Å²) in [5.41, 5.74) is 4.82. The van der Waals surface area contributed by atoms with Crippen molar-refractivity contribution in [1.29, 1.82) is 5.26 Å². The molecule has 0 bridgehead atoms. The molecule has 1 atom stereocenters. The molecule has 2 nitrogen and oxygen atoms in total. The second kappa shape index (κ2) is 5.90. The van der Waals surface area contributed by atoms with Crippen LogP contribution in [-0.2, 0) is 13.0 Å². The van der Waals surface area contributed by atoms with Gasteiger partial charge in [-0.15, -0.1) is 0 Å². The van der Waals surface area contributed by atoms with Gasteiger partial charge in [-0.05, 0) is 48.1 Å². The van der Waals surface area contributed by atoms with Gasteiger partial charge in [-0.1, -0.05) is 36.4 Å². The molecule has 20 heavy (non-hydrogen) atoms. The van der Waals surface area contributed by atoms with Crippen LogP contribution in [0.2, 0.25) is 0 Å². The second-order valence-corrected chi connectivity index (χ2v) is 5.34. The zero-order valence-corrected chi connectivity index (χ0v) is 11.5. The number of aryl methyl sites for hydroxylation is 1. The average Bonchev–Trinajstić information content (AvgIpc) is 2.53. The van der Waals surface area contributed by atoms with Gasteiger partial charge in [-0.3, -0.25) is 0 Å². The summed E-state index contributed by atoms with van der Waals surface area (Å²) >= 11 is 0. The maximum absolute atomic E-state index is 8.94. The summed E-state index contributed by atoms with van der Waals surface area (Å²) in [5.74, 6) is 0. The molecule has 0 unspecified atom stereocenters. The van der Waals surface area contributed by atoms with Crippen molar-refractivity contribution in [2.75, 3.05) is 0 Å². The highest BCUT2D eigenvalue weighted by molar-refractivity contribution is 5.34. The van der Waals surface area contributed by atoms with Gasteiger partial charge in [0.1, 0.15) is 0 Å². The van der Waals surface area contributed by atoms with E-state index in [0.717, 1.165) is 12.1 Å². The lowest BCUT2D eigenvalue weighted by Crippen LogP contribution is -2.24. The fourth-order valence-corrected chi connectivity index (χ4v) is 2.96. The molecule has 2 aromatic rings. The number of fused-ring (bicyclic) bond motifs is 1. The predicted octanol–water partition coefficient (Wildman–Crippen LogP) is 3.73. The first-order valence-electron chi connectivity index (χ1n) is 7.17. The van der Waals surface area contributed by atoms with Gasteiger partial charge >= 0.3 is 0 Å². The first kappa shape index (κ1) is 12.9. The molecular formula is C18H18N2. The molecule has 100 valence electrons. The standard InChI is InChI=1S/C18H18N2/c19-12-14-5-3-6-15(11-14)13-20-18-10-4-8-16-7-1-2-9-17(16)18/h1-3,5-7,9,11,18,20H,4,8,10,13H2/t18-/m1/s1. The molecule has 2 aromatic carbocycles. The largest absolute Gasteiger partial charge is 0.306 e. The highest BCUT2D eigenvalue weighted by atomic mass is 14.9. The summed E-state index contributed by atoms with van der Waals surface area (Å²) in [4.78, 5) is 0. The fourth-order valence-electron chi connectivity index (χ4n) is 2.96. The molecule has 3 rings (SSSR count). The van der Waals surface area contributed by atoms with Crippen LogP contribution >= 0.6 is 0 Å². The van der Waals surface area contributed by atoms with E-state index in [9.17, 15) is 0 Å². The maximum atomic E-state index is 8.94. The molecule has 2 heteroatoms. The molecule has 0 aromatic heterocycles. The quantitative estimate of drug-likeness (QED) is 0.915. The Balaban J connectivity index is 1.72. The average molecular weight is 262 g/mol. The molecule has 0 saturated carbocycles. The summed E-state index contributed by atoms with van der Waals surface area (Å²) in [6.07, 6.45) is 3.63. The lowest BCUT2D eigenvalue weighted by atomic mass is 9.87. The molecule has 0 aliphatic heterocycles. The Morgan fingerprint density at radius 2 is 2.05 bits per heavy atom. The topological polar surface area (TPSA) is 35.8 Å². The zero-order chi connectivity index (χ0) is 13.8. The molecule has 1 N–H and O–H groups in total. The highest BCUT2D eigenvalue weighted by Gasteiger charge is 2.18. The number of nitriles is 1. The van der Waals surface area contributed by atoms with Crippen LogP contribution in [0, 0.1) is 11.3 Å². The number of benzene rings is 2. The highest BCUT2D eigenvalue weighted by Crippen LogP contribution is 2.29. The first-order chi connectivity index (χ1) is 9.86. The third-order valence-corrected chi connectivity index (χ3v) is 3.98. The van der Waals surface area contributed by atoms with E-state index in [1.54, 1.807) is 0 Å². The van der Waals surface area contributed by atoms with Crippen molar-refractivity contribution in [1.82, 2.24) is 5.32 Å². The van der Waals surface area contributed by atoms with E-state index in [0.29, 0.717) is 6.04 Å². The van der Waals surface area contributed by atoms with Crippen molar-refractivity contribution >= 4 is 0 Å². The van der Waals surface area contributed by atoms with Crippen molar-refractivity contribution in [2.24, 2.45) is 0 Å². The van der Waals surface area contributed by atoms with Crippen LogP contribution < -0.4 is 5.32 Å². The summed E-state index contributed by atoms with van der Waals surface area (Å²) in [5, 5.41) is 12.6. The van der Waals surface area contributed by atoms with Crippen molar-refractivity contribution < 1.29 is 0 Å². The smallest absolute Gasteiger partial charge is 0.0991 e. The van der Waals surface area contributed by atoms with E-state index >= 15 is 0 Å². The summed E-state index contributed by atoms with van der Waals surface area (Å²) in [6, 6.07) is 19.2. The van der Waals surface area contributed by atoms with Crippen molar-refractivity contribution in [3.8, 4) is 6.07 Å². The molecule has 0 spiro atoms. The minimum Gasteiger partial charge on any atom is -0.306 e. The monoisotopic (exact) mass is 262 g/mol. The SMILES string of the molecule is N#Cc1cccc(CN[C@@H]2CCCc3ccccc32)c1. The molecular weight excluding hydrogens is 244 g/mol. The second-order valence-electron chi connectivity index (χ2n) is 5.34. The van der Waals surface area contributed by atoms with Gasteiger partial charge in [0.25, 0.3) is 0 Å². The van der Waals surface area contributed by atoms with Crippen LogP contribution in [0.1, 0.15) is 41.1 Å². The normalized spacial score (nSPS) is 17.2. The molecule has 0 amide bonds. The van der Waals surface area contributed by atoms with Crippen molar-refractivity contribution in [2.45, 2.75) is 31.8 Å². The Morgan fingerprint density at radius 3 is 2.95 bits per heavy atom. The van der Waals surface area contributed by atoms with Crippen LogP contribution in [0.4, 0.5) is 0 Å². The molecule has 0 fully saturated rings. The van der Waals surface area contributed by atoms with Crippen LogP contribution in [0.3, 0.4) is 0 Å². The predicted molar refractivity (Wildman–Crippen MR) is 80.1 cm³/mol. The lowest BCUT2D eigenvalue weighted by molar-refractivity contribution is 0.459. The van der Waals surface area contributed by atoms with Crippen LogP contribution in [0.5, 0.6) is 0 Å². The summed E-state index contributed by atoms with van der Waals surface area (Å²) in [7, 11) is 0. The van der Waals surface area contributed by atoms with Crippen molar-refractivity contribution in [3.63, 3.8) is 0 Å². The van der Waals surface area contributed by atoms with Gasteiger partial charge in [0.05, 0.1) is 11.6 Å². The molecule has 0 saturated heterocycles. The number of rotatable bonds is 3. The third-order valence-electron chi connectivity index (χ3n) is 3.98. The summed E-state index contributed by atoms with van der Waals surface area (Å²) < 4.78 is 0. The Labute approximate surface area is 120 Å². The number of hydrogen-bond donors (Lipinski definition) is 1. The van der Waals surface area contributed by atoms with E-state index in [1.165, 1.54) is 36.0 Å². The van der Waals surface area contributed by atoms with Gasteiger partial charge in [0.2, 0.25) is 0 Å². The molecule has 0 radical (unpaired) electrons. The molecule has 1 aliphatic rings. The minimum atomic E-state index is 0.436. The van der Waals surface area contributed by atoms with Crippen LogP contribution in [-0.4, -0.2) is 0 Å². The van der Waals surface area contributed by atoms with Crippen LogP contribution in [0.25, 0.3) is 0 Å². The number of nitrogens with zero attached hydrogens (tertiary/aromatic N) is 1. The van der Waals surface area contributed by atoms with E-state index in [4.69, 9.17) is 5.26 Å².